The number of hydrogen-bond acceptors (Lipinski definition) is 2. The summed E-state index contributed by atoms with van der Waals surface area (Å²) >= 11 is 0. The molecule has 19 heavy (non-hydrogen) atoms. The summed E-state index contributed by atoms with van der Waals surface area (Å²) in [6.07, 6.45) is 5.52. The Kier molecular flexibility index (Phi) is 11.7. The molecule has 0 unspecified atom stereocenters. The Hall–Kier alpha value is -0.0800. The van der Waals surface area contributed by atoms with Gasteiger partial charge in [0.2, 0.25) is 0 Å². The summed E-state index contributed by atoms with van der Waals surface area (Å²) in [5.41, 5.74) is 0. The molecule has 1 aliphatic heterocycles. The molecular formula is C17H37NO. The van der Waals surface area contributed by atoms with E-state index in [2.05, 4.69) is 32.6 Å². The first-order valence-electron chi connectivity index (χ1n) is 8.42. The molecule has 2 nitrogen and oxygen atoms in total. The standard InChI is InChI=1S/C15H31NO.C2H6/c1-13(2)6-5-11-17-15-7-9-16(10-8-15)12-14(3)4;1-2/h13-15H,5-12H2,1-4H3;1-2H3. The molecule has 0 aromatic heterocycles. The van der Waals surface area contributed by atoms with E-state index in [1.807, 2.05) is 13.8 Å². The third-order valence-corrected chi connectivity index (χ3v) is 3.44. The van der Waals surface area contributed by atoms with Crippen molar-refractivity contribution in [2.45, 2.75) is 73.3 Å². The highest BCUT2D eigenvalue weighted by atomic mass is 16.5. The molecule has 0 N–H and O–H groups in total. The molecule has 1 saturated heterocycles. The number of likely N-dealkylation sites (tertiary alicyclic amines) is 1. The van der Waals surface area contributed by atoms with Crippen LogP contribution < -0.4 is 0 Å². The largest absolute Gasteiger partial charge is 0.378 e. The number of ether oxygens (including phenoxy) is 1. The molecular weight excluding hydrogens is 234 g/mol. The average molecular weight is 271 g/mol. The van der Waals surface area contributed by atoms with E-state index in [0.717, 1.165) is 18.4 Å². The first-order chi connectivity index (χ1) is 9.08. The van der Waals surface area contributed by atoms with Crippen molar-refractivity contribution < 1.29 is 4.74 Å². The minimum Gasteiger partial charge on any atom is -0.378 e. The highest BCUT2D eigenvalue weighted by molar-refractivity contribution is 4.73. The van der Waals surface area contributed by atoms with Gasteiger partial charge in [-0.1, -0.05) is 41.5 Å². The van der Waals surface area contributed by atoms with E-state index < -0.39 is 0 Å². The Morgan fingerprint density at radius 2 is 1.58 bits per heavy atom. The fourth-order valence-electron chi connectivity index (χ4n) is 2.52. The second-order valence-corrected chi connectivity index (χ2v) is 6.30. The second-order valence-electron chi connectivity index (χ2n) is 6.30. The van der Waals surface area contributed by atoms with Crippen molar-refractivity contribution in [2.24, 2.45) is 11.8 Å². The van der Waals surface area contributed by atoms with E-state index in [1.54, 1.807) is 0 Å². The fourth-order valence-corrected chi connectivity index (χ4v) is 2.52. The summed E-state index contributed by atoms with van der Waals surface area (Å²) in [6.45, 7) is 17.8. The molecule has 1 heterocycles. The molecule has 0 bridgehead atoms. The average Bonchev–Trinajstić information content (AvgIpc) is 2.38. The van der Waals surface area contributed by atoms with E-state index in [4.69, 9.17) is 4.74 Å². The monoisotopic (exact) mass is 271 g/mol. The maximum Gasteiger partial charge on any atom is 0.0599 e. The third kappa shape index (κ3) is 10.4. The van der Waals surface area contributed by atoms with Crippen molar-refractivity contribution in [3.63, 3.8) is 0 Å². The smallest absolute Gasteiger partial charge is 0.0599 e. The van der Waals surface area contributed by atoms with Crippen molar-refractivity contribution >= 4 is 0 Å². The van der Waals surface area contributed by atoms with Crippen LogP contribution in [0.2, 0.25) is 0 Å². The predicted molar refractivity (Wildman–Crippen MR) is 85.7 cm³/mol. The zero-order chi connectivity index (χ0) is 14.7. The van der Waals surface area contributed by atoms with Gasteiger partial charge < -0.3 is 9.64 Å². The van der Waals surface area contributed by atoms with Gasteiger partial charge in [0.25, 0.3) is 0 Å². The van der Waals surface area contributed by atoms with E-state index in [9.17, 15) is 0 Å². The molecule has 1 aliphatic rings. The molecule has 0 radical (unpaired) electrons. The van der Waals surface area contributed by atoms with Gasteiger partial charge in [-0.3, -0.25) is 0 Å². The highest BCUT2D eigenvalue weighted by Crippen LogP contribution is 2.15. The minimum atomic E-state index is 0.533. The summed E-state index contributed by atoms with van der Waals surface area (Å²) in [7, 11) is 0. The normalized spacial score (nSPS) is 17.7. The maximum absolute atomic E-state index is 5.96. The van der Waals surface area contributed by atoms with Gasteiger partial charge in [-0.15, -0.1) is 0 Å². The van der Waals surface area contributed by atoms with Gasteiger partial charge in [-0.05, 0) is 37.5 Å². The number of rotatable bonds is 7. The minimum absolute atomic E-state index is 0.533. The van der Waals surface area contributed by atoms with Crippen LogP contribution in [0.1, 0.15) is 67.2 Å². The third-order valence-electron chi connectivity index (χ3n) is 3.44. The predicted octanol–water partition coefficient (Wildman–Crippen LogP) is 4.59. The van der Waals surface area contributed by atoms with Crippen LogP contribution >= 0.6 is 0 Å². The lowest BCUT2D eigenvalue weighted by molar-refractivity contribution is 0.00322. The molecule has 1 fully saturated rings. The number of piperidine rings is 1. The zero-order valence-electron chi connectivity index (χ0n) is 14.2. The quantitative estimate of drug-likeness (QED) is 0.628. The van der Waals surface area contributed by atoms with Gasteiger partial charge in [0.15, 0.2) is 0 Å². The molecule has 1 rings (SSSR count). The van der Waals surface area contributed by atoms with Crippen molar-refractivity contribution in [2.75, 3.05) is 26.2 Å². The molecule has 0 saturated carbocycles. The van der Waals surface area contributed by atoms with Crippen LogP contribution in [0.5, 0.6) is 0 Å². The van der Waals surface area contributed by atoms with Gasteiger partial charge in [0, 0.05) is 26.2 Å². The van der Waals surface area contributed by atoms with E-state index in [1.165, 1.54) is 45.3 Å². The number of hydrogen-bond donors (Lipinski definition) is 0. The zero-order valence-corrected chi connectivity index (χ0v) is 14.2. The summed E-state index contributed by atoms with van der Waals surface area (Å²) in [5, 5.41) is 0. The van der Waals surface area contributed by atoms with Crippen LogP contribution in [-0.2, 0) is 4.74 Å². The van der Waals surface area contributed by atoms with Crippen LogP contribution in [0.4, 0.5) is 0 Å². The molecule has 0 aromatic carbocycles. The highest BCUT2D eigenvalue weighted by Gasteiger charge is 2.19. The van der Waals surface area contributed by atoms with Crippen LogP contribution in [0.15, 0.2) is 0 Å². The topological polar surface area (TPSA) is 12.5 Å². The van der Waals surface area contributed by atoms with Crippen molar-refractivity contribution in [1.82, 2.24) is 4.90 Å². The van der Waals surface area contributed by atoms with Crippen molar-refractivity contribution in [1.29, 1.82) is 0 Å². The molecule has 0 spiro atoms. The fraction of sp³-hybridized carbons (Fsp3) is 1.00. The maximum atomic E-state index is 5.96. The Bertz CT molecular complexity index is 181. The SMILES string of the molecule is CC.CC(C)CCCOC1CCN(CC(C)C)CC1. The van der Waals surface area contributed by atoms with Crippen molar-refractivity contribution in [3.8, 4) is 0 Å². The summed E-state index contributed by atoms with van der Waals surface area (Å²) in [6, 6.07) is 0. The Labute approximate surface area is 121 Å². The second kappa shape index (κ2) is 11.7. The summed E-state index contributed by atoms with van der Waals surface area (Å²) in [4.78, 5) is 2.58. The number of nitrogens with zero attached hydrogens (tertiary/aromatic N) is 1. The molecule has 116 valence electrons. The Balaban J connectivity index is 0.00000154. The van der Waals surface area contributed by atoms with Gasteiger partial charge in [0.1, 0.15) is 0 Å². The van der Waals surface area contributed by atoms with Crippen LogP contribution in [0.25, 0.3) is 0 Å². The van der Waals surface area contributed by atoms with Gasteiger partial charge >= 0.3 is 0 Å². The molecule has 0 amide bonds. The van der Waals surface area contributed by atoms with Crippen LogP contribution in [0, 0.1) is 11.8 Å². The molecule has 0 aliphatic carbocycles. The van der Waals surface area contributed by atoms with E-state index in [0.29, 0.717) is 6.10 Å². The Morgan fingerprint density at radius 3 is 2.05 bits per heavy atom. The lowest BCUT2D eigenvalue weighted by Crippen LogP contribution is -2.39. The van der Waals surface area contributed by atoms with Gasteiger partial charge in [0.05, 0.1) is 6.10 Å². The van der Waals surface area contributed by atoms with E-state index >= 15 is 0 Å². The first kappa shape index (κ1) is 18.9. The summed E-state index contributed by atoms with van der Waals surface area (Å²) < 4.78 is 5.96. The lowest BCUT2D eigenvalue weighted by Gasteiger charge is -2.32. The molecule has 0 aromatic rings. The first-order valence-corrected chi connectivity index (χ1v) is 8.42. The summed E-state index contributed by atoms with van der Waals surface area (Å²) in [5.74, 6) is 1.60. The Morgan fingerprint density at radius 1 is 1.00 bits per heavy atom. The lowest BCUT2D eigenvalue weighted by atomic mass is 10.1. The van der Waals surface area contributed by atoms with Gasteiger partial charge in [-0.2, -0.15) is 0 Å². The van der Waals surface area contributed by atoms with Crippen LogP contribution in [-0.4, -0.2) is 37.2 Å². The van der Waals surface area contributed by atoms with Crippen molar-refractivity contribution in [3.05, 3.63) is 0 Å². The molecule has 0 atom stereocenters. The van der Waals surface area contributed by atoms with Crippen LogP contribution in [0.3, 0.4) is 0 Å². The molecule has 2 heteroatoms. The van der Waals surface area contributed by atoms with E-state index in [-0.39, 0.29) is 0 Å². The van der Waals surface area contributed by atoms with Gasteiger partial charge in [-0.25, -0.2) is 0 Å².